The molecule has 0 aliphatic carbocycles. The van der Waals surface area contributed by atoms with Gasteiger partial charge in [0.05, 0.1) is 12.7 Å². The number of ether oxygens (including phenoxy) is 2. The van der Waals surface area contributed by atoms with E-state index in [0.717, 1.165) is 38.1 Å². The summed E-state index contributed by atoms with van der Waals surface area (Å²) in [5, 5.41) is 3.44. The summed E-state index contributed by atoms with van der Waals surface area (Å²) in [6.07, 6.45) is 2.03. The smallest absolute Gasteiger partial charge is 0.123 e. The standard InChI is InChI=1S/C16H24FNO2/c1-13-16(6-8-20-13,12-18-7-9-19-2)11-14-4-3-5-15(17)10-14/h3-5,10,13,18H,6-9,11-12H2,1-2H3. The second-order valence-corrected chi connectivity index (χ2v) is 5.60. The summed E-state index contributed by atoms with van der Waals surface area (Å²) in [4.78, 5) is 0. The minimum atomic E-state index is -0.170. The molecular weight excluding hydrogens is 257 g/mol. The Morgan fingerprint density at radius 2 is 2.35 bits per heavy atom. The topological polar surface area (TPSA) is 30.5 Å². The Balaban J connectivity index is 2.03. The normalized spacial score (nSPS) is 26.1. The van der Waals surface area contributed by atoms with Crippen LogP contribution >= 0.6 is 0 Å². The molecule has 1 aliphatic heterocycles. The van der Waals surface area contributed by atoms with E-state index in [9.17, 15) is 4.39 Å². The lowest BCUT2D eigenvalue weighted by Gasteiger charge is -2.33. The third-order valence-electron chi connectivity index (χ3n) is 4.24. The Bertz CT molecular complexity index is 427. The van der Waals surface area contributed by atoms with Crippen molar-refractivity contribution in [2.24, 2.45) is 5.41 Å². The fourth-order valence-corrected chi connectivity index (χ4v) is 2.91. The van der Waals surface area contributed by atoms with E-state index in [0.29, 0.717) is 6.61 Å². The lowest BCUT2D eigenvalue weighted by molar-refractivity contribution is 0.0619. The third kappa shape index (κ3) is 3.78. The summed E-state index contributed by atoms with van der Waals surface area (Å²) >= 11 is 0. The zero-order valence-electron chi connectivity index (χ0n) is 12.3. The molecule has 0 bridgehead atoms. The van der Waals surface area contributed by atoms with Gasteiger partial charge in [-0.2, -0.15) is 0 Å². The molecule has 2 rings (SSSR count). The zero-order chi connectivity index (χ0) is 14.4. The summed E-state index contributed by atoms with van der Waals surface area (Å²) < 4.78 is 24.2. The number of hydrogen-bond donors (Lipinski definition) is 1. The number of benzene rings is 1. The van der Waals surface area contributed by atoms with Gasteiger partial charge in [0.15, 0.2) is 0 Å². The van der Waals surface area contributed by atoms with Crippen molar-refractivity contribution < 1.29 is 13.9 Å². The molecule has 3 nitrogen and oxygen atoms in total. The second-order valence-electron chi connectivity index (χ2n) is 5.60. The van der Waals surface area contributed by atoms with Crippen LogP contribution in [0, 0.1) is 11.2 Å². The van der Waals surface area contributed by atoms with E-state index in [4.69, 9.17) is 9.47 Å². The highest BCUT2D eigenvalue weighted by Gasteiger charge is 2.41. The Labute approximate surface area is 120 Å². The van der Waals surface area contributed by atoms with Crippen LogP contribution in [0.1, 0.15) is 18.9 Å². The Hall–Kier alpha value is -0.970. The van der Waals surface area contributed by atoms with E-state index in [1.807, 2.05) is 6.07 Å². The molecule has 1 saturated heterocycles. The number of nitrogens with one attached hydrogen (secondary N) is 1. The van der Waals surface area contributed by atoms with E-state index in [-0.39, 0.29) is 17.3 Å². The van der Waals surface area contributed by atoms with Crippen molar-refractivity contribution >= 4 is 0 Å². The Morgan fingerprint density at radius 1 is 1.50 bits per heavy atom. The van der Waals surface area contributed by atoms with Crippen molar-refractivity contribution in [3.8, 4) is 0 Å². The Morgan fingerprint density at radius 3 is 3.00 bits per heavy atom. The fraction of sp³-hybridized carbons (Fsp3) is 0.625. The molecule has 4 heteroatoms. The average molecular weight is 281 g/mol. The van der Waals surface area contributed by atoms with Crippen molar-refractivity contribution in [3.63, 3.8) is 0 Å². The highest BCUT2D eigenvalue weighted by Crippen LogP contribution is 2.37. The summed E-state index contributed by atoms with van der Waals surface area (Å²) in [6.45, 7) is 5.29. The van der Waals surface area contributed by atoms with E-state index in [2.05, 4.69) is 12.2 Å². The zero-order valence-corrected chi connectivity index (χ0v) is 12.3. The van der Waals surface area contributed by atoms with Crippen LogP contribution in [0.3, 0.4) is 0 Å². The van der Waals surface area contributed by atoms with Crippen molar-refractivity contribution in [1.82, 2.24) is 5.32 Å². The van der Waals surface area contributed by atoms with E-state index < -0.39 is 0 Å². The third-order valence-corrected chi connectivity index (χ3v) is 4.24. The van der Waals surface area contributed by atoms with Crippen LogP contribution in [-0.4, -0.2) is 39.5 Å². The first-order valence-corrected chi connectivity index (χ1v) is 7.22. The molecule has 0 radical (unpaired) electrons. The van der Waals surface area contributed by atoms with Crippen LogP contribution in [0.4, 0.5) is 4.39 Å². The minimum absolute atomic E-state index is 0.0432. The number of hydrogen-bond acceptors (Lipinski definition) is 3. The van der Waals surface area contributed by atoms with Gasteiger partial charge < -0.3 is 14.8 Å². The molecule has 0 spiro atoms. The van der Waals surface area contributed by atoms with Crippen molar-refractivity contribution in [2.45, 2.75) is 25.9 Å². The summed E-state index contributed by atoms with van der Waals surface area (Å²) in [6, 6.07) is 6.88. The highest BCUT2D eigenvalue weighted by molar-refractivity contribution is 5.19. The van der Waals surface area contributed by atoms with E-state index >= 15 is 0 Å². The maximum atomic E-state index is 13.4. The molecule has 2 atom stereocenters. The van der Waals surface area contributed by atoms with Crippen molar-refractivity contribution in [2.75, 3.05) is 33.4 Å². The van der Waals surface area contributed by atoms with Gasteiger partial charge in [-0.25, -0.2) is 4.39 Å². The number of methoxy groups -OCH3 is 1. The molecule has 0 aromatic heterocycles. The summed E-state index contributed by atoms with van der Waals surface area (Å²) in [5.74, 6) is -0.170. The van der Waals surface area contributed by atoms with Crippen LogP contribution in [0.5, 0.6) is 0 Å². The molecule has 2 unspecified atom stereocenters. The van der Waals surface area contributed by atoms with Crippen molar-refractivity contribution in [3.05, 3.63) is 35.6 Å². The molecular formula is C16H24FNO2. The predicted molar refractivity (Wildman–Crippen MR) is 77.3 cm³/mol. The van der Waals surface area contributed by atoms with Crippen LogP contribution in [-0.2, 0) is 15.9 Å². The van der Waals surface area contributed by atoms with Gasteiger partial charge in [-0.1, -0.05) is 12.1 Å². The second kappa shape index (κ2) is 7.16. The largest absolute Gasteiger partial charge is 0.383 e. The molecule has 20 heavy (non-hydrogen) atoms. The maximum absolute atomic E-state index is 13.4. The molecule has 112 valence electrons. The van der Waals surface area contributed by atoms with Gasteiger partial charge in [-0.05, 0) is 37.5 Å². The molecule has 1 aromatic rings. The first-order valence-electron chi connectivity index (χ1n) is 7.22. The summed E-state index contributed by atoms with van der Waals surface area (Å²) in [7, 11) is 1.70. The van der Waals surface area contributed by atoms with Gasteiger partial charge in [-0.3, -0.25) is 0 Å². The van der Waals surface area contributed by atoms with Gasteiger partial charge in [0.2, 0.25) is 0 Å². The predicted octanol–water partition coefficient (Wildman–Crippen LogP) is 2.40. The molecule has 1 aromatic carbocycles. The SMILES string of the molecule is COCCNCC1(Cc2cccc(F)c2)CCOC1C. The Kier molecular flexibility index (Phi) is 5.52. The molecule has 1 aliphatic rings. The first kappa shape index (κ1) is 15.4. The van der Waals surface area contributed by atoms with Gasteiger partial charge >= 0.3 is 0 Å². The molecule has 0 amide bonds. The van der Waals surface area contributed by atoms with E-state index in [1.54, 1.807) is 19.2 Å². The van der Waals surface area contributed by atoms with Gasteiger partial charge in [0.1, 0.15) is 5.82 Å². The van der Waals surface area contributed by atoms with Gasteiger partial charge in [0, 0.05) is 32.2 Å². The van der Waals surface area contributed by atoms with Crippen LogP contribution in [0.25, 0.3) is 0 Å². The first-order chi connectivity index (χ1) is 9.66. The van der Waals surface area contributed by atoms with Crippen LogP contribution in [0.15, 0.2) is 24.3 Å². The number of halogens is 1. The van der Waals surface area contributed by atoms with Crippen LogP contribution < -0.4 is 5.32 Å². The van der Waals surface area contributed by atoms with Gasteiger partial charge in [-0.15, -0.1) is 0 Å². The minimum Gasteiger partial charge on any atom is -0.383 e. The summed E-state index contributed by atoms with van der Waals surface area (Å²) in [5.41, 5.74) is 1.08. The maximum Gasteiger partial charge on any atom is 0.123 e. The molecule has 0 saturated carbocycles. The van der Waals surface area contributed by atoms with Gasteiger partial charge in [0.25, 0.3) is 0 Å². The average Bonchev–Trinajstić information content (AvgIpc) is 2.77. The fourth-order valence-electron chi connectivity index (χ4n) is 2.91. The molecule has 1 heterocycles. The van der Waals surface area contributed by atoms with Crippen molar-refractivity contribution in [1.29, 1.82) is 0 Å². The van der Waals surface area contributed by atoms with E-state index in [1.165, 1.54) is 6.07 Å². The monoisotopic (exact) mass is 281 g/mol. The quantitative estimate of drug-likeness (QED) is 0.779. The highest BCUT2D eigenvalue weighted by atomic mass is 19.1. The van der Waals surface area contributed by atoms with Crippen LogP contribution in [0.2, 0.25) is 0 Å². The lowest BCUT2D eigenvalue weighted by Crippen LogP contribution is -2.42. The number of rotatable bonds is 7. The molecule has 1 N–H and O–H groups in total. The lowest BCUT2D eigenvalue weighted by atomic mass is 9.76. The molecule has 1 fully saturated rings.